The maximum absolute atomic E-state index is 12.3. The van der Waals surface area contributed by atoms with Crippen LogP contribution in [0.1, 0.15) is 18.2 Å². The van der Waals surface area contributed by atoms with E-state index >= 15 is 0 Å². The Morgan fingerprint density at radius 2 is 2.25 bits per heavy atom. The number of thiophene rings is 1. The van der Waals surface area contributed by atoms with Crippen LogP contribution in [0.3, 0.4) is 0 Å². The van der Waals surface area contributed by atoms with Crippen LogP contribution in [0.2, 0.25) is 0 Å². The van der Waals surface area contributed by atoms with Crippen LogP contribution in [0.15, 0.2) is 14.7 Å². The molecular weight excluding hydrogens is 310 g/mol. The van der Waals surface area contributed by atoms with Crippen molar-refractivity contribution in [3.63, 3.8) is 0 Å². The van der Waals surface area contributed by atoms with Crippen molar-refractivity contribution in [2.75, 3.05) is 13.1 Å². The van der Waals surface area contributed by atoms with Crippen molar-refractivity contribution >= 4 is 37.3 Å². The summed E-state index contributed by atoms with van der Waals surface area (Å²) in [5.41, 5.74) is 0. The topological polar surface area (TPSA) is 37.4 Å². The van der Waals surface area contributed by atoms with Crippen molar-refractivity contribution in [3.8, 4) is 0 Å². The Bertz CT molecular complexity index is 495. The number of rotatable bonds is 2. The van der Waals surface area contributed by atoms with Crippen molar-refractivity contribution in [2.45, 2.75) is 25.2 Å². The Labute approximate surface area is 109 Å². The second kappa shape index (κ2) is 4.40. The lowest BCUT2D eigenvalue weighted by molar-refractivity contribution is 0.464. The highest BCUT2D eigenvalue weighted by Gasteiger charge is 2.32. The largest absolute Gasteiger partial charge is 0.244 e. The average Bonchev–Trinajstić information content (AvgIpc) is 2.73. The Morgan fingerprint density at radius 1 is 1.56 bits per heavy atom. The number of hydrogen-bond donors (Lipinski definition) is 0. The van der Waals surface area contributed by atoms with Gasteiger partial charge >= 0.3 is 0 Å². The minimum atomic E-state index is -3.27. The van der Waals surface area contributed by atoms with Gasteiger partial charge in [0.2, 0.25) is 10.0 Å². The lowest BCUT2D eigenvalue weighted by atomic mass is 10.2. The van der Waals surface area contributed by atoms with Gasteiger partial charge in [0.05, 0.1) is 8.68 Å². The van der Waals surface area contributed by atoms with Gasteiger partial charge in [0.25, 0.3) is 0 Å². The molecule has 1 unspecified atom stereocenters. The second-order valence-electron chi connectivity index (χ2n) is 4.23. The summed E-state index contributed by atoms with van der Waals surface area (Å²) in [7, 11) is -3.27. The summed E-state index contributed by atoms with van der Waals surface area (Å²) >= 11 is 4.80. The molecule has 1 aromatic heterocycles. The van der Waals surface area contributed by atoms with Crippen LogP contribution in [0.25, 0.3) is 0 Å². The highest BCUT2D eigenvalue weighted by atomic mass is 79.9. The van der Waals surface area contributed by atoms with Gasteiger partial charge in [0.15, 0.2) is 0 Å². The first-order valence-corrected chi connectivity index (χ1v) is 8.22. The number of nitrogens with zero attached hydrogens (tertiary/aromatic N) is 1. The van der Waals surface area contributed by atoms with Gasteiger partial charge in [-0.15, -0.1) is 11.3 Å². The summed E-state index contributed by atoms with van der Waals surface area (Å²) in [6.07, 6.45) is 0.962. The van der Waals surface area contributed by atoms with Crippen molar-refractivity contribution in [1.29, 1.82) is 0 Å². The third kappa shape index (κ3) is 2.20. The van der Waals surface area contributed by atoms with Gasteiger partial charge in [-0.25, -0.2) is 8.42 Å². The molecule has 3 nitrogen and oxygen atoms in total. The van der Waals surface area contributed by atoms with E-state index in [-0.39, 0.29) is 0 Å². The highest BCUT2D eigenvalue weighted by Crippen LogP contribution is 2.33. The van der Waals surface area contributed by atoms with Crippen LogP contribution in [-0.4, -0.2) is 25.8 Å². The van der Waals surface area contributed by atoms with Gasteiger partial charge in [0, 0.05) is 18.0 Å². The fourth-order valence-electron chi connectivity index (χ4n) is 1.94. The van der Waals surface area contributed by atoms with Crippen LogP contribution in [0.5, 0.6) is 0 Å². The molecule has 0 spiro atoms. The molecule has 0 bridgehead atoms. The van der Waals surface area contributed by atoms with E-state index in [1.807, 2.05) is 6.92 Å². The molecule has 0 aliphatic carbocycles. The van der Waals surface area contributed by atoms with Crippen molar-refractivity contribution < 1.29 is 8.42 Å². The number of sulfonamides is 1. The van der Waals surface area contributed by atoms with E-state index in [1.54, 1.807) is 10.4 Å². The van der Waals surface area contributed by atoms with Crippen LogP contribution >= 0.6 is 27.3 Å². The van der Waals surface area contributed by atoms with Gasteiger partial charge in [-0.3, -0.25) is 0 Å². The van der Waals surface area contributed by atoms with Crippen molar-refractivity contribution in [2.24, 2.45) is 5.92 Å². The molecule has 0 saturated carbocycles. The van der Waals surface area contributed by atoms with E-state index in [4.69, 9.17) is 0 Å². The van der Waals surface area contributed by atoms with E-state index in [0.29, 0.717) is 23.9 Å². The molecule has 1 fully saturated rings. The molecule has 0 amide bonds. The number of halogens is 1. The first-order valence-electron chi connectivity index (χ1n) is 5.17. The highest BCUT2D eigenvalue weighted by molar-refractivity contribution is 9.11. The Kier molecular flexibility index (Phi) is 3.45. The van der Waals surface area contributed by atoms with Gasteiger partial charge in [-0.05, 0) is 41.3 Å². The lowest BCUT2D eigenvalue weighted by Gasteiger charge is -2.15. The SMILES string of the molecule is Cc1sc(Br)cc1S(=O)(=O)N1CCC(C)C1. The predicted molar refractivity (Wildman–Crippen MR) is 69.3 cm³/mol. The summed E-state index contributed by atoms with van der Waals surface area (Å²) in [6.45, 7) is 5.24. The summed E-state index contributed by atoms with van der Waals surface area (Å²) in [6, 6.07) is 1.71. The molecule has 16 heavy (non-hydrogen) atoms. The molecule has 0 aromatic carbocycles. The van der Waals surface area contributed by atoms with Crippen LogP contribution in [0.4, 0.5) is 0 Å². The van der Waals surface area contributed by atoms with E-state index in [1.165, 1.54) is 11.3 Å². The lowest BCUT2D eigenvalue weighted by Crippen LogP contribution is -2.28. The van der Waals surface area contributed by atoms with Crippen LogP contribution in [0, 0.1) is 12.8 Å². The maximum Gasteiger partial charge on any atom is 0.244 e. The van der Waals surface area contributed by atoms with Gasteiger partial charge in [-0.1, -0.05) is 6.92 Å². The molecule has 1 saturated heterocycles. The standard InChI is InChI=1S/C10H14BrNO2S2/c1-7-3-4-12(6-7)16(13,14)9-5-10(11)15-8(9)2/h5,7H,3-4,6H2,1-2H3. The van der Waals surface area contributed by atoms with E-state index in [0.717, 1.165) is 15.1 Å². The Hall–Kier alpha value is 0.0900. The third-order valence-electron chi connectivity index (χ3n) is 2.85. The number of aryl methyl sites for hydroxylation is 1. The summed E-state index contributed by atoms with van der Waals surface area (Å²) in [5.74, 6) is 0.470. The Morgan fingerprint density at radius 3 is 2.69 bits per heavy atom. The zero-order valence-electron chi connectivity index (χ0n) is 9.23. The number of hydrogen-bond acceptors (Lipinski definition) is 3. The molecule has 1 aliphatic heterocycles. The molecule has 1 aromatic rings. The molecule has 0 N–H and O–H groups in total. The molecule has 0 radical (unpaired) electrons. The van der Waals surface area contributed by atoms with Crippen LogP contribution in [-0.2, 0) is 10.0 Å². The molecular formula is C10H14BrNO2S2. The van der Waals surface area contributed by atoms with Gasteiger partial charge < -0.3 is 0 Å². The monoisotopic (exact) mass is 323 g/mol. The van der Waals surface area contributed by atoms with Gasteiger partial charge in [0.1, 0.15) is 0 Å². The minimum Gasteiger partial charge on any atom is -0.207 e. The maximum atomic E-state index is 12.3. The molecule has 6 heteroatoms. The summed E-state index contributed by atoms with van der Waals surface area (Å²) in [4.78, 5) is 1.31. The van der Waals surface area contributed by atoms with E-state index < -0.39 is 10.0 Å². The van der Waals surface area contributed by atoms with Gasteiger partial charge in [-0.2, -0.15) is 4.31 Å². The van der Waals surface area contributed by atoms with Crippen molar-refractivity contribution in [3.05, 3.63) is 14.7 Å². The van der Waals surface area contributed by atoms with E-state index in [2.05, 4.69) is 22.9 Å². The minimum absolute atomic E-state index is 0.457. The van der Waals surface area contributed by atoms with Crippen molar-refractivity contribution in [1.82, 2.24) is 4.31 Å². The Balaban J connectivity index is 2.36. The fraction of sp³-hybridized carbons (Fsp3) is 0.600. The normalized spacial score (nSPS) is 22.8. The first kappa shape index (κ1) is 12.5. The third-order valence-corrected chi connectivity index (χ3v) is 6.52. The van der Waals surface area contributed by atoms with E-state index in [9.17, 15) is 8.42 Å². The fourth-order valence-corrected chi connectivity index (χ4v) is 5.90. The summed E-state index contributed by atoms with van der Waals surface area (Å²) < 4.78 is 27.1. The molecule has 1 atom stereocenters. The smallest absolute Gasteiger partial charge is 0.207 e. The summed E-state index contributed by atoms with van der Waals surface area (Å²) in [5, 5.41) is 0. The first-order chi connectivity index (χ1) is 7.41. The average molecular weight is 324 g/mol. The predicted octanol–water partition coefficient (Wildman–Crippen LogP) is 2.85. The van der Waals surface area contributed by atoms with Crippen LogP contribution < -0.4 is 0 Å². The molecule has 2 rings (SSSR count). The molecule has 2 heterocycles. The quantitative estimate of drug-likeness (QED) is 0.839. The molecule has 1 aliphatic rings. The zero-order chi connectivity index (χ0) is 11.9. The second-order valence-corrected chi connectivity index (χ2v) is 8.77. The molecule has 90 valence electrons. The zero-order valence-corrected chi connectivity index (χ0v) is 12.5.